The van der Waals surface area contributed by atoms with Crippen LogP contribution in [0.2, 0.25) is 0 Å². The maximum atomic E-state index is 12.0. The molecule has 5 nitrogen and oxygen atoms in total. The molecule has 140 valence electrons. The van der Waals surface area contributed by atoms with Crippen molar-refractivity contribution >= 4 is 44.4 Å². The van der Waals surface area contributed by atoms with Gasteiger partial charge in [0.05, 0.1) is 0 Å². The third-order valence-corrected chi connectivity index (χ3v) is 4.82. The van der Waals surface area contributed by atoms with Crippen LogP contribution in [-0.2, 0) is 20.7 Å². The molecule has 3 aromatic rings. The number of aryl methyl sites for hydroxylation is 2. The van der Waals surface area contributed by atoms with E-state index in [2.05, 4.69) is 32.3 Å². The van der Waals surface area contributed by atoms with Crippen LogP contribution in [0.5, 0.6) is 0 Å². The molecule has 0 saturated carbocycles. The van der Waals surface area contributed by atoms with Crippen molar-refractivity contribution in [1.29, 1.82) is 0 Å². The van der Waals surface area contributed by atoms with Gasteiger partial charge in [-0.15, -0.1) is 0 Å². The number of nitrogens with one attached hydrogen (secondary N) is 2. The number of carbonyl (C=O) groups is 2. The maximum absolute atomic E-state index is 12.0. The van der Waals surface area contributed by atoms with Gasteiger partial charge in [0.25, 0.3) is 5.91 Å². The maximum Gasteiger partial charge on any atom is 0.306 e. The summed E-state index contributed by atoms with van der Waals surface area (Å²) >= 11 is 3.38. The number of aromatic nitrogens is 1. The number of hydrogen-bond acceptors (Lipinski definition) is 3. The number of benzene rings is 2. The summed E-state index contributed by atoms with van der Waals surface area (Å²) in [4.78, 5) is 27.1. The summed E-state index contributed by atoms with van der Waals surface area (Å²) in [5.41, 5.74) is 3.92. The van der Waals surface area contributed by atoms with E-state index in [4.69, 9.17) is 4.74 Å². The number of aromatic amines is 1. The molecule has 0 radical (unpaired) electrons. The lowest BCUT2D eigenvalue weighted by molar-refractivity contribution is -0.147. The standard InChI is InChI=1S/C21H21BrN2O3/c1-14-11-16(22)9-10-18(14)24-20(25)13-27-21(26)8-4-5-15-12-23-19-7-3-2-6-17(15)19/h2-3,6-7,9-12,23H,4-5,8,13H2,1H3,(H,24,25). The molecule has 0 fully saturated rings. The first kappa shape index (κ1) is 19.2. The minimum Gasteiger partial charge on any atom is -0.456 e. The number of fused-ring (bicyclic) bond motifs is 1. The summed E-state index contributed by atoms with van der Waals surface area (Å²) in [6.45, 7) is 1.62. The molecule has 0 bridgehead atoms. The summed E-state index contributed by atoms with van der Waals surface area (Å²) in [6, 6.07) is 13.6. The number of carbonyl (C=O) groups excluding carboxylic acids is 2. The van der Waals surface area contributed by atoms with Crippen molar-refractivity contribution in [2.24, 2.45) is 0 Å². The Hall–Kier alpha value is -2.60. The predicted octanol–water partition coefficient (Wildman–Crippen LogP) is 4.74. The van der Waals surface area contributed by atoms with Gasteiger partial charge in [0.1, 0.15) is 0 Å². The molecule has 0 saturated heterocycles. The van der Waals surface area contributed by atoms with Gasteiger partial charge in [0.2, 0.25) is 0 Å². The number of hydrogen-bond donors (Lipinski definition) is 2. The Kier molecular flexibility index (Phi) is 6.29. The van der Waals surface area contributed by atoms with Gasteiger partial charge in [-0.2, -0.15) is 0 Å². The molecule has 3 rings (SSSR count). The summed E-state index contributed by atoms with van der Waals surface area (Å²) in [6.07, 6.45) is 3.71. The molecular formula is C21H21BrN2O3. The number of para-hydroxylation sites is 1. The molecule has 27 heavy (non-hydrogen) atoms. The monoisotopic (exact) mass is 428 g/mol. The summed E-state index contributed by atoms with van der Waals surface area (Å²) in [5, 5.41) is 3.93. The second-order valence-corrected chi connectivity index (χ2v) is 7.30. The summed E-state index contributed by atoms with van der Waals surface area (Å²) in [5.74, 6) is -0.706. The minimum atomic E-state index is -0.363. The second kappa shape index (κ2) is 8.86. The van der Waals surface area contributed by atoms with Crippen LogP contribution in [0, 0.1) is 6.92 Å². The average molecular weight is 429 g/mol. The quantitative estimate of drug-likeness (QED) is 0.533. The largest absolute Gasteiger partial charge is 0.456 e. The fraction of sp³-hybridized carbons (Fsp3) is 0.238. The van der Waals surface area contributed by atoms with E-state index in [-0.39, 0.29) is 24.9 Å². The molecule has 6 heteroatoms. The van der Waals surface area contributed by atoms with Crippen LogP contribution in [0.15, 0.2) is 53.1 Å². The Balaban J connectivity index is 1.41. The smallest absolute Gasteiger partial charge is 0.306 e. The molecule has 0 aliphatic carbocycles. The highest BCUT2D eigenvalue weighted by Gasteiger charge is 2.10. The summed E-state index contributed by atoms with van der Waals surface area (Å²) < 4.78 is 6.02. The van der Waals surface area contributed by atoms with Gasteiger partial charge in [0, 0.05) is 33.7 Å². The van der Waals surface area contributed by atoms with Crippen LogP contribution in [0.1, 0.15) is 24.0 Å². The van der Waals surface area contributed by atoms with Crippen molar-refractivity contribution in [3.8, 4) is 0 Å². The topological polar surface area (TPSA) is 71.2 Å². The van der Waals surface area contributed by atoms with Gasteiger partial charge in [-0.1, -0.05) is 34.1 Å². The molecule has 2 N–H and O–H groups in total. The Morgan fingerprint density at radius 1 is 1.19 bits per heavy atom. The van der Waals surface area contributed by atoms with E-state index in [1.165, 1.54) is 10.9 Å². The van der Waals surface area contributed by atoms with Gasteiger partial charge in [-0.3, -0.25) is 9.59 Å². The fourth-order valence-corrected chi connectivity index (χ4v) is 3.41. The lowest BCUT2D eigenvalue weighted by atomic mass is 10.1. The van der Waals surface area contributed by atoms with Crippen molar-refractivity contribution in [3.63, 3.8) is 0 Å². The van der Waals surface area contributed by atoms with Gasteiger partial charge < -0.3 is 15.0 Å². The number of amides is 1. The lowest BCUT2D eigenvalue weighted by Gasteiger charge is -2.09. The van der Waals surface area contributed by atoms with Crippen molar-refractivity contribution in [2.45, 2.75) is 26.2 Å². The van der Waals surface area contributed by atoms with Crippen molar-refractivity contribution in [2.75, 3.05) is 11.9 Å². The third kappa shape index (κ3) is 5.20. The molecular weight excluding hydrogens is 408 g/mol. The van der Waals surface area contributed by atoms with E-state index in [0.29, 0.717) is 12.1 Å². The van der Waals surface area contributed by atoms with E-state index < -0.39 is 0 Å². The average Bonchev–Trinajstić information content (AvgIpc) is 3.06. The molecule has 1 aromatic heterocycles. The Morgan fingerprint density at radius 2 is 2.00 bits per heavy atom. The Bertz CT molecular complexity index is 965. The highest BCUT2D eigenvalue weighted by atomic mass is 79.9. The van der Waals surface area contributed by atoms with Crippen LogP contribution >= 0.6 is 15.9 Å². The number of halogens is 1. The first-order valence-corrected chi connectivity index (χ1v) is 9.59. The minimum absolute atomic E-state index is 0.276. The molecule has 1 heterocycles. The van der Waals surface area contributed by atoms with Crippen molar-refractivity contribution < 1.29 is 14.3 Å². The third-order valence-electron chi connectivity index (χ3n) is 4.33. The number of anilines is 1. The SMILES string of the molecule is Cc1cc(Br)ccc1NC(=O)COC(=O)CCCc1c[nH]c2ccccc12. The second-order valence-electron chi connectivity index (χ2n) is 6.38. The van der Waals surface area contributed by atoms with Crippen LogP contribution in [-0.4, -0.2) is 23.5 Å². The van der Waals surface area contributed by atoms with E-state index in [0.717, 1.165) is 22.0 Å². The first-order valence-electron chi connectivity index (χ1n) is 8.79. The lowest BCUT2D eigenvalue weighted by Crippen LogP contribution is -2.21. The van der Waals surface area contributed by atoms with Crippen LogP contribution in [0.4, 0.5) is 5.69 Å². The normalized spacial score (nSPS) is 10.7. The fourth-order valence-electron chi connectivity index (χ4n) is 2.93. The molecule has 0 aliphatic rings. The van der Waals surface area contributed by atoms with Gasteiger partial charge in [0.15, 0.2) is 6.61 Å². The zero-order valence-electron chi connectivity index (χ0n) is 15.0. The zero-order valence-corrected chi connectivity index (χ0v) is 16.6. The summed E-state index contributed by atoms with van der Waals surface area (Å²) in [7, 11) is 0. The molecule has 0 spiro atoms. The molecule has 0 aliphatic heterocycles. The predicted molar refractivity (Wildman–Crippen MR) is 110 cm³/mol. The molecule has 2 aromatic carbocycles. The van der Waals surface area contributed by atoms with Crippen molar-refractivity contribution in [1.82, 2.24) is 4.98 Å². The van der Waals surface area contributed by atoms with Crippen LogP contribution in [0.25, 0.3) is 10.9 Å². The van der Waals surface area contributed by atoms with Crippen LogP contribution < -0.4 is 5.32 Å². The Morgan fingerprint density at radius 3 is 2.81 bits per heavy atom. The van der Waals surface area contributed by atoms with E-state index in [9.17, 15) is 9.59 Å². The number of rotatable bonds is 7. The molecule has 0 unspecified atom stereocenters. The first-order chi connectivity index (χ1) is 13.0. The van der Waals surface area contributed by atoms with Gasteiger partial charge >= 0.3 is 5.97 Å². The highest BCUT2D eigenvalue weighted by Crippen LogP contribution is 2.20. The Labute approximate surface area is 166 Å². The van der Waals surface area contributed by atoms with Crippen molar-refractivity contribution in [3.05, 3.63) is 64.3 Å². The van der Waals surface area contributed by atoms with E-state index >= 15 is 0 Å². The van der Waals surface area contributed by atoms with Gasteiger partial charge in [-0.25, -0.2) is 0 Å². The highest BCUT2D eigenvalue weighted by molar-refractivity contribution is 9.10. The number of H-pyrrole nitrogens is 1. The van der Waals surface area contributed by atoms with Gasteiger partial charge in [-0.05, 0) is 55.2 Å². The van der Waals surface area contributed by atoms with Crippen LogP contribution in [0.3, 0.4) is 0 Å². The molecule has 1 amide bonds. The number of ether oxygens (including phenoxy) is 1. The zero-order chi connectivity index (χ0) is 19.2. The molecule has 0 atom stereocenters. The van der Waals surface area contributed by atoms with E-state index in [1.807, 2.05) is 43.5 Å². The van der Waals surface area contributed by atoms with E-state index in [1.54, 1.807) is 6.07 Å². The number of esters is 1.